The Balaban J connectivity index is 1.84. The number of hydroxylamine groups is 1. The van der Waals surface area contributed by atoms with Crippen molar-refractivity contribution >= 4 is 29.4 Å². The normalized spacial score (nSPS) is 14.5. The third-order valence-corrected chi connectivity index (χ3v) is 4.89. The highest BCUT2D eigenvalue weighted by Gasteiger charge is 2.18. The van der Waals surface area contributed by atoms with Gasteiger partial charge in [0.1, 0.15) is 6.54 Å². The van der Waals surface area contributed by atoms with Crippen LogP contribution in [0.25, 0.3) is 0 Å². The molecule has 0 radical (unpaired) electrons. The van der Waals surface area contributed by atoms with E-state index in [9.17, 15) is 9.59 Å². The molecule has 3 N–H and O–H groups in total. The van der Waals surface area contributed by atoms with Crippen LogP contribution in [0.5, 0.6) is 0 Å². The highest BCUT2D eigenvalue weighted by molar-refractivity contribution is 8.00. The van der Waals surface area contributed by atoms with E-state index in [1.807, 2.05) is 36.0 Å². The number of thioether (sulfide) groups is 1. The van der Waals surface area contributed by atoms with Crippen LogP contribution in [0.2, 0.25) is 0 Å². The maximum Gasteiger partial charge on any atom is 0.319 e. The minimum Gasteiger partial charge on any atom is -0.329 e. The van der Waals surface area contributed by atoms with Gasteiger partial charge in [0.25, 0.3) is 5.91 Å². The van der Waals surface area contributed by atoms with Crippen molar-refractivity contribution in [2.24, 2.45) is 0 Å². The summed E-state index contributed by atoms with van der Waals surface area (Å²) in [6.45, 7) is 2.01. The van der Waals surface area contributed by atoms with E-state index < -0.39 is 11.9 Å². The first-order valence-electron chi connectivity index (χ1n) is 7.90. The van der Waals surface area contributed by atoms with Crippen LogP contribution >= 0.6 is 11.8 Å². The van der Waals surface area contributed by atoms with Crippen LogP contribution in [0.15, 0.2) is 29.2 Å². The van der Waals surface area contributed by atoms with Gasteiger partial charge in [-0.2, -0.15) is 0 Å². The molecular formula is C16H23N3O3S. The van der Waals surface area contributed by atoms with E-state index in [-0.39, 0.29) is 6.54 Å². The fourth-order valence-corrected chi connectivity index (χ4v) is 3.71. The molecule has 1 fully saturated rings. The maximum absolute atomic E-state index is 11.9. The summed E-state index contributed by atoms with van der Waals surface area (Å²) in [5.41, 5.74) is 3.00. The molecule has 0 bridgehead atoms. The Morgan fingerprint density at radius 1 is 1.26 bits per heavy atom. The number of rotatable bonds is 7. The summed E-state index contributed by atoms with van der Waals surface area (Å²) in [4.78, 5) is 29.1. The van der Waals surface area contributed by atoms with E-state index in [2.05, 4.69) is 16.1 Å². The van der Waals surface area contributed by atoms with Crippen LogP contribution in [-0.2, 0) is 9.63 Å². The van der Waals surface area contributed by atoms with Crippen LogP contribution in [0.4, 0.5) is 10.5 Å². The highest BCUT2D eigenvalue weighted by atomic mass is 32.2. The molecule has 1 aromatic rings. The quantitative estimate of drug-likeness (QED) is 0.669. The van der Waals surface area contributed by atoms with Gasteiger partial charge in [-0.1, -0.05) is 25.0 Å². The molecule has 3 amide bonds. The van der Waals surface area contributed by atoms with Gasteiger partial charge >= 0.3 is 6.03 Å². The molecule has 1 aromatic carbocycles. The van der Waals surface area contributed by atoms with Gasteiger partial charge in [0.05, 0.1) is 12.3 Å². The monoisotopic (exact) mass is 337 g/mol. The van der Waals surface area contributed by atoms with Crippen LogP contribution in [0.3, 0.4) is 0 Å². The number of para-hydroxylation sites is 1. The molecule has 0 unspecified atom stereocenters. The lowest BCUT2D eigenvalue weighted by Gasteiger charge is -2.14. The molecule has 1 aliphatic carbocycles. The van der Waals surface area contributed by atoms with E-state index in [1.54, 1.807) is 6.92 Å². The molecule has 0 atom stereocenters. The second-order valence-electron chi connectivity index (χ2n) is 5.29. The Bertz CT molecular complexity index is 533. The second-order valence-corrected chi connectivity index (χ2v) is 6.63. The molecule has 2 rings (SSSR count). The summed E-state index contributed by atoms with van der Waals surface area (Å²) >= 11 is 1.81. The zero-order chi connectivity index (χ0) is 16.5. The number of benzene rings is 1. The zero-order valence-corrected chi connectivity index (χ0v) is 14.1. The van der Waals surface area contributed by atoms with E-state index in [4.69, 9.17) is 4.84 Å². The van der Waals surface area contributed by atoms with Crippen molar-refractivity contribution in [2.75, 3.05) is 18.5 Å². The summed E-state index contributed by atoms with van der Waals surface area (Å²) in [6.07, 6.45) is 5.01. The van der Waals surface area contributed by atoms with Crippen molar-refractivity contribution in [1.29, 1.82) is 0 Å². The molecule has 0 aliphatic heterocycles. The minimum absolute atomic E-state index is 0.135. The van der Waals surface area contributed by atoms with Crippen molar-refractivity contribution < 1.29 is 14.4 Å². The molecule has 0 saturated heterocycles. The SMILES string of the molecule is CCONC(=O)CNC(=O)Nc1ccccc1SC1CCCC1. The molecular weight excluding hydrogens is 314 g/mol. The van der Waals surface area contributed by atoms with Crippen molar-refractivity contribution in [2.45, 2.75) is 42.8 Å². The summed E-state index contributed by atoms with van der Waals surface area (Å²) in [7, 11) is 0. The van der Waals surface area contributed by atoms with Gasteiger partial charge in [0.15, 0.2) is 0 Å². The van der Waals surface area contributed by atoms with Crippen molar-refractivity contribution in [1.82, 2.24) is 10.8 Å². The summed E-state index contributed by atoms with van der Waals surface area (Å²) in [6, 6.07) is 7.33. The van der Waals surface area contributed by atoms with E-state index in [0.717, 1.165) is 10.6 Å². The number of carbonyl (C=O) groups is 2. The van der Waals surface area contributed by atoms with Gasteiger partial charge in [-0.3, -0.25) is 9.63 Å². The van der Waals surface area contributed by atoms with Gasteiger partial charge in [0.2, 0.25) is 0 Å². The smallest absolute Gasteiger partial charge is 0.319 e. The van der Waals surface area contributed by atoms with Crippen LogP contribution in [-0.4, -0.2) is 30.3 Å². The Hall–Kier alpha value is -1.73. The second kappa shape index (κ2) is 9.42. The van der Waals surface area contributed by atoms with Crippen LogP contribution in [0.1, 0.15) is 32.6 Å². The molecule has 0 aromatic heterocycles. The van der Waals surface area contributed by atoms with Gasteiger partial charge < -0.3 is 10.6 Å². The molecule has 126 valence electrons. The molecule has 1 saturated carbocycles. The molecule has 23 heavy (non-hydrogen) atoms. The average Bonchev–Trinajstić information content (AvgIpc) is 3.06. The van der Waals surface area contributed by atoms with Crippen molar-refractivity contribution in [3.05, 3.63) is 24.3 Å². The Morgan fingerprint density at radius 3 is 2.74 bits per heavy atom. The molecule has 0 spiro atoms. The third-order valence-electron chi connectivity index (χ3n) is 3.47. The highest BCUT2D eigenvalue weighted by Crippen LogP contribution is 2.37. The van der Waals surface area contributed by atoms with Crippen molar-refractivity contribution in [3.63, 3.8) is 0 Å². The lowest BCUT2D eigenvalue weighted by molar-refractivity contribution is -0.132. The van der Waals surface area contributed by atoms with Gasteiger partial charge in [-0.15, -0.1) is 11.8 Å². The predicted molar refractivity (Wildman–Crippen MR) is 91.3 cm³/mol. The number of anilines is 1. The summed E-state index contributed by atoms with van der Waals surface area (Å²) in [5.74, 6) is -0.393. The molecule has 6 nitrogen and oxygen atoms in total. The Kier molecular flexibility index (Phi) is 7.22. The molecule has 7 heteroatoms. The predicted octanol–water partition coefficient (Wildman–Crippen LogP) is 2.91. The molecule has 0 heterocycles. The Labute approximate surface area is 140 Å². The molecule has 1 aliphatic rings. The number of hydrogen-bond acceptors (Lipinski definition) is 4. The van der Waals surface area contributed by atoms with E-state index >= 15 is 0 Å². The first kappa shape index (κ1) is 17.6. The lowest BCUT2D eigenvalue weighted by Crippen LogP contribution is -2.39. The van der Waals surface area contributed by atoms with E-state index in [0.29, 0.717) is 11.9 Å². The topological polar surface area (TPSA) is 79.5 Å². The van der Waals surface area contributed by atoms with Gasteiger partial charge in [-0.05, 0) is 31.9 Å². The standard InChI is InChI=1S/C16H23N3O3S/c1-2-22-19-15(20)11-17-16(21)18-13-9-5-6-10-14(13)23-12-7-3-4-8-12/h5-6,9-10,12H,2-4,7-8,11H2,1H3,(H,19,20)(H2,17,18,21). The lowest BCUT2D eigenvalue weighted by atomic mass is 10.3. The fraction of sp³-hybridized carbons (Fsp3) is 0.500. The Morgan fingerprint density at radius 2 is 2.00 bits per heavy atom. The summed E-state index contributed by atoms with van der Waals surface area (Å²) < 4.78 is 0. The first-order chi connectivity index (χ1) is 11.2. The number of urea groups is 1. The average molecular weight is 337 g/mol. The zero-order valence-electron chi connectivity index (χ0n) is 13.3. The van der Waals surface area contributed by atoms with Crippen LogP contribution in [0, 0.1) is 0 Å². The van der Waals surface area contributed by atoms with Crippen LogP contribution < -0.4 is 16.1 Å². The van der Waals surface area contributed by atoms with E-state index in [1.165, 1.54) is 25.7 Å². The maximum atomic E-state index is 11.9. The first-order valence-corrected chi connectivity index (χ1v) is 8.78. The largest absolute Gasteiger partial charge is 0.329 e. The number of hydrogen-bond donors (Lipinski definition) is 3. The van der Waals surface area contributed by atoms with Crippen molar-refractivity contribution in [3.8, 4) is 0 Å². The number of amides is 3. The summed E-state index contributed by atoms with van der Waals surface area (Å²) in [5, 5.41) is 5.94. The minimum atomic E-state index is -0.406. The number of carbonyl (C=O) groups excluding carboxylic acids is 2. The fourth-order valence-electron chi connectivity index (χ4n) is 2.37. The third kappa shape index (κ3) is 6.11. The number of nitrogens with one attached hydrogen (secondary N) is 3. The van der Waals surface area contributed by atoms with Gasteiger partial charge in [-0.25, -0.2) is 10.3 Å². The van der Waals surface area contributed by atoms with Gasteiger partial charge in [0, 0.05) is 10.1 Å².